The summed E-state index contributed by atoms with van der Waals surface area (Å²) >= 11 is 0. The highest BCUT2D eigenvalue weighted by atomic mass is 15.1. The third-order valence-corrected chi connectivity index (χ3v) is 4.43. The van der Waals surface area contributed by atoms with Crippen molar-refractivity contribution in [2.45, 2.75) is 51.0 Å². The average molecular weight is 222 g/mol. The standard InChI is InChI=1S/C14H26N2/c15-14(13-5-6-13)7-8-16(9-11-1-2-11)10-12-3-4-12/h11-14H,1-10,15H2. The number of rotatable bonds is 8. The Morgan fingerprint density at radius 3 is 1.94 bits per heavy atom. The molecule has 0 aromatic heterocycles. The van der Waals surface area contributed by atoms with Gasteiger partial charge in [-0.05, 0) is 69.2 Å². The topological polar surface area (TPSA) is 29.3 Å². The molecule has 1 atom stereocenters. The van der Waals surface area contributed by atoms with E-state index in [1.807, 2.05) is 0 Å². The molecular weight excluding hydrogens is 196 g/mol. The third kappa shape index (κ3) is 3.46. The van der Waals surface area contributed by atoms with Crippen molar-refractivity contribution >= 4 is 0 Å². The van der Waals surface area contributed by atoms with Crippen LogP contribution in [0.4, 0.5) is 0 Å². The fourth-order valence-corrected chi connectivity index (χ4v) is 2.68. The van der Waals surface area contributed by atoms with Gasteiger partial charge in [0.15, 0.2) is 0 Å². The summed E-state index contributed by atoms with van der Waals surface area (Å²) in [5.74, 6) is 2.95. The summed E-state index contributed by atoms with van der Waals surface area (Å²) in [5.41, 5.74) is 6.19. The Hall–Kier alpha value is -0.0800. The van der Waals surface area contributed by atoms with Crippen LogP contribution in [-0.2, 0) is 0 Å². The van der Waals surface area contributed by atoms with Crippen LogP contribution in [-0.4, -0.2) is 30.6 Å². The van der Waals surface area contributed by atoms with Gasteiger partial charge < -0.3 is 10.6 Å². The number of nitrogens with two attached hydrogens (primary N) is 1. The van der Waals surface area contributed by atoms with Gasteiger partial charge >= 0.3 is 0 Å². The predicted octanol–water partition coefficient (Wildman–Crippen LogP) is 2.24. The maximum atomic E-state index is 6.19. The summed E-state index contributed by atoms with van der Waals surface area (Å²) < 4.78 is 0. The van der Waals surface area contributed by atoms with Crippen molar-refractivity contribution in [3.63, 3.8) is 0 Å². The Morgan fingerprint density at radius 2 is 1.50 bits per heavy atom. The Kier molecular flexibility index (Phi) is 3.21. The lowest BCUT2D eigenvalue weighted by Gasteiger charge is -2.23. The van der Waals surface area contributed by atoms with Gasteiger partial charge in [0.2, 0.25) is 0 Å². The Morgan fingerprint density at radius 1 is 0.938 bits per heavy atom. The van der Waals surface area contributed by atoms with Gasteiger partial charge in [0.25, 0.3) is 0 Å². The molecule has 0 saturated heterocycles. The van der Waals surface area contributed by atoms with Gasteiger partial charge in [-0.25, -0.2) is 0 Å². The van der Waals surface area contributed by atoms with Crippen molar-refractivity contribution in [1.29, 1.82) is 0 Å². The highest BCUT2D eigenvalue weighted by Crippen LogP contribution is 2.35. The minimum absolute atomic E-state index is 0.501. The first kappa shape index (κ1) is 11.0. The van der Waals surface area contributed by atoms with Crippen LogP contribution in [0.1, 0.15) is 44.9 Å². The molecule has 2 nitrogen and oxygen atoms in total. The highest BCUT2D eigenvalue weighted by molar-refractivity contribution is 4.86. The van der Waals surface area contributed by atoms with E-state index in [-0.39, 0.29) is 0 Å². The molecule has 0 aromatic carbocycles. The first-order valence-corrected chi connectivity index (χ1v) is 7.29. The fourth-order valence-electron chi connectivity index (χ4n) is 2.68. The average Bonchev–Trinajstić information content (AvgIpc) is 3.14. The Balaban J connectivity index is 1.38. The molecule has 2 heteroatoms. The van der Waals surface area contributed by atoms with Crippen LogP contribution in [0.2, 0.25) is 0 Å². The molecule has 3 aliphatic carbocycles. The van der Waals surface area contributed by atoms with Crippen molar-refractivity contribution < 1.29 is 0 Å². The van der Waals surface area contributed by atoms with Crippen LogP contribution in [0.15, 0.2) is 0 Å². The van der Waals surface area contributed by atoms with Gasteiger partial charge in [-0.2, -0.15) is 0 Å². The van der Waals surface area contributed by atoms with Crippen LogP contribution in [0.25, 0.3) is 0 Å². The largest absolute Gasteiger partial charge is 0.327 e. The molecule has 2 N–H and O–H groups in total. The lowest BCUT2D eigenvalue weighted by molar-refractivity contribution is 0.240. The van der Waals surface area contributed by atoms with Crippen molar-refractivity contribution in [1.82, 2.24) is 4.90 Å². The first-order valence-electron chi connectivity index (χ1n) is 7.29. The minimum Gasteiger partial charge on any atom is -0.327 e. The lowest BCUT2D eigenvalue weighted by atomic mass is 10.1. The summed E-state index contributed by atoms with van der Waals surface area (Å²) in [6.45, 7) is 4.01. The predicted molar refractivity (Wildman–Crippen MR) is 67.2 cm³/mol. The van der Waals surface area contributed by atoms with Gasteiger partial charge in [0, 0.05) is 19.1 Å². The highest BCUT2D eigenvalue weighted by Gasteiger charge is 2.31. The normalized spacial score (nSPS) is 27.4. The van der Waals surface area contributed by atoms with E-state index >= 15 is 0 Å². The van der Waals surface area contributed by atoms with Crippen LogP contribution in [0.5, 0.6) is 0 Å². The maximum absolute atomic E-state index is 6.19. The monoisotopic (exact) mass is 222 g/mol. The first-order chi connectivity index (χ1) is 7.81. The zero-order chi connectivity index (χ0) is 11.0. The molecule has 0 spiro atoms. The lowest BCUT2D eigenvalue weighted by Crippen LogP contribution is -2.34. The minimum atomic E-state index is 0.501. The van der Waals surface area contributed by atoms with Crippen LogP contribution >= 0.6 is 0 Å². The van der Waals surface area contributed by atoms with Crippen LogP contribution < -0.4 is 5.73 Å². The molecule has 16 heavy (non-hydrogen) atoms. The molecule has 0 aliphatic heterocycles. The molecule has 3 rings (SSSR count). The summed E-state index contributed by atoms with van der Waals surface area (Å²) in [5, 5.41) is 0. The molecular formula is C14H26N2. The summed E-state index contributed by atoms with van der Waals surface area (Å²) in [6.07, 6.45) is 9.96. The second kappa shape index (κ2) is 4.66. The molecule has 3 fully saturated rings. The van der Waals surface area contributed by atoms with Crippen molar-refractivity contribution in [3.8, 4) is 0 Å². The molecule has 3 saturated carbocycles. The van der Waals surface area contributed by atoms with Gasteiger partial charge in [0.1, 0.15) is 0 Å². The smallest absolute Gasteiger partial charge is 0.00793 e. The number of hydrogen-bond donors (Lipinski definition) is 1. The van der Waals surface area contributed by atoms with E-state index in [1.54, 1.807) is 0 Å². The van der Waals surface area contributed by atoms with E-state index in [9.17, 15) is 0 Å². The second-order valence-electron chi connectivity index (χ2n) is 6.44. The van der Waals surface area contributed by atoms with Crippen molar-refractivity contribution in [2.75, 3.05) is 19.6 Å². The summed E-state index contributed by atoms with van der Waals surface area (Å²) in [6, 6.07) is 0.501. The van der Waals surface area contributed by atoms with Gasteiger partial charge in [-0.1, -0.05) is 0 Å². The molecule has 0 heterocycles. The SMILES string of the molecule is NC(CCN(CC1CC1)CC1CC1)C1CC1. The second-order valence-corrected chi connectivity index (χ2v) is 6.44. The summed E-state index contributed by atoms with van der Waals surface area (Å²) in [4.78, 5) is 2.72. The van der Waals surface area contributed by atoms with E-state index in [4.69, 9.17) is 5.73 Å². The van der Waals surface area contributed by atoms with Gasteiger partial charge in [-0.3, -0.25) is 0 Å². The fraction of sp³-hybridized carbons (Fsp3) is 1.00. The Labute approximate surface area is 99.6 Å². The maximum Gasteiger partial charge on any atom is 0.00793 e. The molecule has 1 unspecified atom stereocenters. The van der Waals surface area contributed by atoms with E-state index in [2.05, 4.69) is 4.90 Å². The van der Waals surface area contributed by atoms with Crippen molar-refractivity contribution in [2.24, 2.45) is 23.5 Å². The molecule has 0 radical (unpaired) electrons. The third-order valence-electron chi connectivity index (χ3n) is 4.43. The quantitative estimate of drug-likeness (QED) is 0.682. The number of hydrogen-bond acceptors (Lipinski definition) is 2. The molecule has 0 bridgehead atoms. The van der Waals surface area contributed by atoms with Gasteiger partial charge in [0.05, 0.1) is 0 Å². The zero-order valence-electron chi connectivity index (χ0n) is 10.4. The molecule has 3 aliphatic rings. The van der Waals surface area contributed by atoms with E-state index in [0.717, 1.165) is 17.8 Å². The molecule has 0 amide bonds. The number of nitrogens with zero attached hydrogens (tertiary/aromatic N) is 1. The van der Waals surface area contributed by atoms with Crippen LogP contribution in [0.3, 0.4) is 0 Å². The van der Waals surface area contributed by atoms with Gasteiger partial charge in [-0.15, -0.1) is 0 Å². The van der Waals surface area contributed by atoms with Crippen LogP contribution in [0, 0.1) is 17.8 Å². The Bertz CT molecular complexity index is 215. The van der Waals surface area contributed by atoms with E-state index in [0.29, 0.717) is 6.04 Å². The van der Waals surface area contributed by atoms with Crippen molar-refractivity contribution in [3.05, 3.63) is 0 Å². The molecule has 92 valence electrons. The van der Waals surface area contributed by atoms with E-state index < -0.39 is 0 Å². The zero-order valence-corrected chi connectivity index (χ0v) is 10.4. The molecule has 0 aromatic rings. The van der Waals surface area contributed by atoms with E-state index in [1.165, 1.54) is 64.6 Å². The summed E-state index contributed by atoms with van der Waals surface area (Å²) in [7, 11) is 0.